The van der Waals surface area contributed by atoms with Crippen LogP contribution < -0.4 is 16.5 Å². The first kappa shape index (κ1) is 58.0. The van der Waals surface area contributed by atoms with Crippen LogP contribution in [0.4, 0.5) is 0 Å². The molecule has 37 heteroatoms. The third-order valence-corrected chi connectivity index (χ3v) is 11.0. The van der Waals surface area contributed by atoms with Crippen molar-refractivity contribution in [2.75, 3.05) is 33.0 Å². The van der Waals surface area contributed by atoms with Crippen LogP contribution in [0.3, 0.4) is 0 Å². The highest BCUT2D eigenvalue weighted by molar-refractivity contribution is 7.81. The number of oxime groups is 1. The average Bonchev–Trinajstić information content (AvgIpc) is 3.24. The molecule has 398 valence electrons. The summed E-state index contributed by atoms with van der Waals surface area (Å²) in [7, 11) is -10.6. The number of aliphatic hydroxyl groups excluding tert-OH is 7. The lowest BCUT2D eigenvalue weighted by atomic mass is 9.94. The van der Waals surface area contributed by atoms with E-state index in [2.05, 4.69) is 29.0 Å². The van der Waals surface area contributed by atoms with E-state index in [1.165, 1.54) is 0 Å². The molecule has 4 heterocycles. The highest BCUT2D eigenvalue weighted by Crippen LogP contribution is 2.35. The summed E-state index contributed by atoms with van der Waals surface area (Å²) >= 11 is 0. The van der Waals surface area contributed by atoms with E-state index in [0.29, 0.717) is 0 Å². The summed E-state index contributed by atoms with van der Waals surface area (Å²) in [5.74, 6) is -0.908. The maximum Gasteiger partial charge on any atom is 0.397 e. The molecule has 0 aromatic rings. The average molecular weight is 1050 g/mol. The largest absolute Gasteiger partial charge is 0.479 e. The van der Waals surface area contributed by atoms with Gasteiger partial charge in [-0.3, -0.25) is 18.7 Å². The number of nitrogens with two attached hydrogens (primary N) is 1. The van der Waals surface area contributed by atoms with E-state index in [1.807, 2.05) is 0 Å². The van der Waals surface area contributed by atoms with Gasteiger partial charge >= 0.3 is 32.7 Å². The molecule has 4 fully saturated rings. The minimum Gasteiger partial charge on any atom is -0.479 e. The number of hydrogen-bond donors (Lipinski definition) is 14. The summed E-state index contributed by atoms with van der Waals surface area (Å²) in [6.07, 6.45) is -39.6. The summed E-state index contributed by atoms with van der Waals surface area (Å²) in [5.41, 5.74) is 0. The fraction of sp³-hybridized carbons (Fsp3) is 0.844. The SMILES string of the molecule is CC(=O)N[C@H]1[C@H](O[C@H]2[C@H](O)[C@@H](O)[C@H](O[C@H]3[C@@H](O)[C@@H](COS(=O)(=O)O)O[C@@H](OC/C=N\OCCON)[C@@H]3NC(C)=O)O[C@@H]2C(=O)O)O[C@H](COS(=O)(=O)O)[C@H](O)[C@@H]1O[C@@H]1O[C@H](C(=O)O)[C@@H](O)[C@H](O)[C@H]1O. The molecule has 69 heavy (non-hydrogen) atoms. The van der Waals surface area contributed by atoms with Gasteiger partial charge in [0.1, 0.15) is 98.5 Å². The molecule has 0 bridgehead atoms. The van der Waals surface area contributed by atoms with Crippen LogP contribution in [-0.4, -0.2) is 258 Å². The van der Waals surface area contributed by atoms with Crippen LogP contribution in [0.1, 0.15) is 13.8 Å². The van der Waals surface area contributed by atoms with Crippen molar-refractivity contribution in [2.24, 2.45) is 11.1 Å². The van der Waals surface area contributed by atoms with E-state index < -0.39 is 187 Å². The third-order valence-electron chi connectivity index (χ3n) is 10.1. The lowest BCUT2D eigenvalue weighted by Crippen LogP contribution is -2.71. The van der Waals surface area contributed by atoms with E-state index in [0.717, 1.165) is 20.1 Å². The Labute approximate surface area is 388 Å². The predicted octanol–water partition coefficient (Wildman–Crippen LogP) is -9.71. The molecule has 0 unspecified atom stereocenters. The number of rotatable bonds is 23. The van der Waals surface area contributed by atoms with E-state index in [9.17, 15) is 91.1 Å². The highest BCUT2D eigenvalue weighted by atomic mass is 32.3. The first-order chi connectivity index (χ1) is 32.1. The number of hydrogen-bond acceptors (Lipinski definition) is 29. The number of nitrogens with one attached hydrogen (secondary N) is 2. The van der Waals surface area contributed by atoms with Crippen molar-refractivity contribution in [1.29, 1.82) is 0 Å². The molecule has 4 rings (SSSR count). The van der Waals surface area contributed by atoms with Crippen molar-refractivity contribution < 1.29 is 147 Å². The molecule has 35 nitrogen and oxygen atoms in total. The molecular weight excluding hydrogens is 1000 g/mol. The highest BCUT2D eigenvalue weighted by Gasteiger charge is 2.58. The number of aliphatic hydroxyl groups is 7. The Morgan fingerprint density at radius 1 is 0.594 bits per heavy atom. The number of carbonyl (C=O) groups is 4. The number of aliphatic carboxylic acids is 2. The maximum absolute atomic E-state index is 12.8. The molecule has 4 aliphatic rings. The number of amides is 2. The lowest BCUT2D eigenvalue weighted by molar-refractivity contribution is -0.369. The standard InChI is InChI=1S/C32H52N4O31S2/c1-9(37)35-13-22(15(39)11(7-59-68(50,51)52)61-29(13)56-4-3-34-58-6-5-57-33)63-32-21(45)19(43)24(26(67-32)28(48)49)65-30-14(36-10(2)38)23(16(40)12(62-30)8-60-69(53,54)55)64-31-20(44)17(41)18(42)25(66-31)27(46)47/h3,11-26,29-32,39-45H,4-8,33H2,1-2H3,(H,35,37)(H,36,38)(H,46,47)(H,48,49)(H,50,51,52)(H,53,54,55)/b34-3-/t11-,12-,13-,14-,15+,16+,17+,18+,19-,20-,21-,22-,23-,24+,25+,26+,29-,30+,31-,32-/m1/s1. The summed E-state index contributed by atoms with van der Waals surface area (Å²) in [6.45, 7) is -1.38. The summed E-state index contributed by atoms with van der Waals surface area (Å²) in [6, 6.07) is -3.74. The summed E-state index contributed by atoms with van der Waals surface area (Å²) in [4.78, 5) is 58.7. The predicted molar refractivity (Wildman–Crippen MR) is 207 cm³/mol. The molecule has 2 amide bonds. The van der Waals surface area contributed by atoms with Crippen LogP contribution in [0, 0.1) is 0 Å². The molecule has 0 saturated carbocycles. The molecule has 4 aliphatic heterocycles. The zero-order chi connectivity index (χ0) is 51.7. The van der Waals surface area contributed by atoms with Crippen molar-refractivity contribution >= 4 is 50.8 Å². The number of carbonyl (C=O) groups excluding carboxylic acids is 2. The molecule has 20 atom stereocenters. The molecule has 0 radical (unpaired) electrons. The Bertz CT molecular complexity index is 1990. The van der Waals surface area contributed by atoms with Gasteiger partial charge in [0.15, 0.2) is 37.4 Å². The van der Waals surface area contributed by atoms with Crippen LogP contribution >= 0.6 is 0 Å². The smallest absolute Gasteiger partial charge is 0.397 e. The fourth-order valence-corrected chi connectivity index (χ4v) is 7.67. The van der Waals surface area contributed by atoms with Crippen molar-refractivity contribution in [2.45, 2.75) is 137 Å². The summed E-state index contributed by atoms with van der Waals surface area (Å²) < 4.78 is 117. The minimum absolute atomic E-state index is 0.0687. The van der Waals surface area contributed by atoms with Gasteiger partial charge in [-0.15, -0.1) is 0 Å². The van der Waals surface area contributed by atoms with Gasteiger partial charge in [0.2, 0.25) is 11.8 Å². The van der Waals surface area contributed by atoms with Crippen molar-refractivity contribution in [3.63, 3.8) is 0 Å². The zero-order valence-corrected chi connectivity index (χ0v) is 37.2. The van der Waals surface area contributed by atoms with Crippen LogP contribution in [0.5, 0.6) is 0 Å². The van der Waals surface area contributed by atoms with Gasteiger partial charge in [-0.25, -0.2) is 23.9 Å². The number of carboxylic acid groups (broad SMARTS) is 2. The van der Waals surface area contributed by atoms with Crippen LogP contribution in [0.2, 0.25) is 0 Å². The van der Waals surface area contributed by atoms with Gasteiger partial charge < -0.3 is 104 Å². The second kappa shape index (κ2) is 25.2. The monoisotopic (exact) mass is 1050 g/mol. The van der Waals surface area contributed by atoms with E-state index in [-0.39, 0.29) is 13.2 Å². The Kier molecular flexibility index (Phi) is 21.2. The van der Waals surface area contributed by atoms with Crippen LogP contribution in [0.25, 0.3) is 0 Å². The molecular formula is C32H52N4O31S2. The quantitative estimate of drug-likeness (QED) is 0.0196. The second-order valence-electron chi connectivity index (χ2n) is 15.1. The Morgan fingerprint density at radius 2 is 1.04 bits per heavy atom. The Hall–Kier alpha value is -3.59. The van der Waals surface area contributed by atoms with Gasteiger partial charge in [-0.2, -0.15) is 16.8 Å². The summed E-state index contributed by atoms with van der Waals surface area (Å²) in [5, 5.41) is 105. The normalized spacial score (nSPS) is 38.8. The molecule has 4 saturated heterocycles. The van der Waals surface area contributed by atoms with Gasteiger partial charge in [0.25, 0.3) is 0 Å². The molecule has 15 N–H and O–H groups in total. The molecule has 0 aromatic heterocycles. The number of ether oxygens (including phenoxy) is 8. The Morgan fingerprint density at radius 3 is 1.51 bits per heavy atom. The first-order valence-corrected chi connectivity index (χ1v) is 22.5. The van der Waals surface area contributed by atoms with E-state index in [1.54, 1.807) is 0 Å². The first-order valence-electron chi connectivity index (χ1n) is 19.8. The van der Waals surface area contributed by atoms with Gasteiger partial charge in [0.05, 0.1) is 26.0 Å². The Balaban J connectivity index is 1.68. The zero-order valence-electron chi connectivity index (χ0n) is 35.6. The third kappa shape index (κ3) is 16.0. The van der Waals surface area contributed by atoms with Gasteiger partial charge in [-0.05, 0) is 0 Å². The van der Waals surface area contributed by atoms with Gasteiger partial charge in [0, 0.05) is 13.8 Å². The molecule has 0 aromatic carbocycles. The number of nitrogens with zero attached hydrogens (tertiary/aromatic N) is 1. The fourth-order valence-electron chi connectivity index (χ4n) is 7.06. The van der Waals surface area contributed by atoms with E-state index >= 15 is 0 Å². The topological polar surface area (TPSA) is 532 Å². The van der Waals surface area contributed by atoms with Gasteiger partial charge in [-0.1, -0.05) is 5.16 Å². The van der Waals surface area contributed by atoms with Crippen molar-refractivity contribution in [3.8, 4) is 0 Å². The maximum atomic E-state index is 12.8. The van der Waals surface area contributed by atoms with Crippen molar-refractivity contribution in [1.82, 2.24) is 10.6 Å². The number of carboxylic acids is 2. The van der Waals surface area contributed by atoms with Crippen molar-refractivity contribution in [3.05, 3.63) is 0 Å². The molecule has 0 spiro atoms. The van der Waals surface area contributed by atoms with Crippen LogP contribution in [-0.2, 0) is 95.9 Å². The minimum atomic E-state index is -5.34. The molecule has 0 aliphatic carbocycles. The van der Waals surface area contributed by atoms with Crippen LogP contribution in [0.15, 0.2) is 5.16 Å². The second-order valence-corrected chi connectivity index (χ2v) is 17.2. The van der Waals surface area contributed by atoms with E-state index in [4.69, 9.17) is 48.6 Å². The lowest BCUT2D eigenvalue weighted by Gasteiger charge is -2.50.